The highest BCUT2D eigenvalue weighted by Gasteiger charge is 2.33. The lowest BCUT2D eigenvalue weighted by Crippen LogP contribution is -2.44. The molecule has 0 bridgehead atoms. The first-order valence-corrected chi connectivity index (χ1v) is 6.03. The molecule has 100 valence electrons. The van der Waals surface area contributed by atoms with Gasteiger partial charge >= 0.3 is 6.18 Å². The molecular weight excluding hydrogens is 243 g/mol. The molecule has 1 fully saturated rings. The molecule has 18 heavy (non-hydrogen) atoms. The van der Waals surface area contributed by atoms with Gasteiger partial charge in [-0.25, -0.2) is 4.98 Å². The number of anilines is 1. The Morgan fingerprint density at radius 2 is 2.11 bits per heavy atom. The molecule has 0 radical (unpaired) electrons. The van der Waals surface area contributed by atoms with E-state index in [1.54, 1.807) is 6.07 Å². The van der Waals surface area contributed by atoms with Crippen molar-refractivity contribution in [3.63, 3.8) is 0 Å². The van der Waals surface area contributed by atoms with Crippen LogP contribution in [0.25, 0.3) is 0 Å². The molecule has 0 aromatic carbocycles. The Hall–Kier alpha value is -1.30. The highest BCUT2D eigenvalue weighted by atomic mass is 19.4. The van der Waals surface area contributed by atoms with Gasteiger partial charge in [0.2, 0.25) is 0 Å². The third kappa shape index (κ3) is 2.75. The monoisotopic (exact) mass is 259 g/mol. The van der Waals surface area contributed by atoms with E-state index in [0.29, 0.717) is 12.4 Å². The molecular formula is C12H16F3N3. The molecule has 1 saturated heterocycles. The van der Waals surface area contributed by atoms with Gasteiger partial charge in [0.25, 0.3) is 0 Å². The predicted molar refractivity (Wildman–Crippen MR) is 63.3 cm³/mol. The second-order valence-corrected chi connectivity index (χ2v) is 4.46. The molecule has 6 heteroatoms. The Labute approximate surface area is 104 Å². The number of hydrogen-bond acceptors (Lipinski definition) is 3. The van der Waals surface area contributed by atoms with Gasteiger partial charge in [0, 0.05) is 19.1 Å². The molecule has 0 saturated carbocycles. The van der Waals surface area contributed by atoms with Crippen LogP contribution in [0.5, 0.6) is 0 Å². The van der Waals surface area contributed by atoms with Crippen molar-refractivity contribution in [2.24, 2.45) is 5.73 Å². The number of piperidine rings is 1. The SMILES string of the molecule is NCC1CCCCN1c1cccc(C(F)(F)F)n1. The first-order valence-electron chi connectivity index (χ1n) is 6.03. The van der Waals surface area contributed by atoms with Crippen molar-refractivity contribution >= 4 is 5.82 Å². The second-order valence-electron chi connectivity index (χ2n) is 4.46. The summed E-state index contributed by atoms with van der Waals surface area (Å²) in [5.74, 6) is 0.375. The van der Waals surface area contributed by atoms with Crippen molar-refractivity contribution in [2.75, 3.05) is 18.0 Å². The van der Waals surface area contributed by atoms with E-state index < -0.39 is 11.9 Å². The molecule has 1 aliphatic rings. The summed E-state index contributed by atoms with van der Waals surface area (Å²) in [5.41, 5.74) is 4.82. The summed E-state index contributed by atoms with van der Waals surface area (Å²) in [6.07, 6.45) is -1.45. The number of pyridine rings is 1. The van der Waals surface area contributed by atoms with Crippen LogP contribution >= 0.6 is 0 Å². The van der Waals surface area contributed by atoms with Gasteiger partial charge in [0.1, 0.15) is 11.5 Å². The molecule has 1 aliphatic heterocycles. The molecule has 1 atom stereocenters. The van der Waals surface area contributed by atoms with Crippen molar-refractivity contribution in [2.45, 2.75) is 31.5 Å². The summed E-state index contributed by atoms with van der Waals surface area (Å²) < 4.78 is 37.8. The number of alkyl halides is 3. The minimum Gasteiger partial charge on any atom is -0.352 e. The maximum Gasteiger partial charge on any atom is 0.433 e. The molecule has 0 amide bonds. The van der Waals surface area contributed by atoms with Gasteiger partial charge in [-0.05, 0) is 31.4 Å². The first kappa shape index (κ1) is 13.1. The van der Waals surface area contributed by atoms with Crippen molar-refractivity contribution in [3.05, 3.63) is 23.9 Å². The lowest BCUT2D eigenvalue weighted by atomic mass is 10.0. The molecule has 2 heterocycles. The lowest BCUT2D eigenvalue weighted by Gasteiger charge is -2.36. The Morgan fingerprint density at radius 3 is 2.78 bits per heavy atom. The summed E-state index contributed by atoms with van der Waals surface area (Å²) in [6, 6.07) is 4.09. The average Bonchev–Trinajstić information content (AvgIpc) is 2.38. The molecule has 1 aromatic rings. The number of nitrogens with zero attached hydrogens (tertiary/aromatic N) is 2. The Kier molecular flexibility index (Phi) is 3.75. The number of aromatic nitrogens is 1. The van der Waals surface area contributed by atoms with E-state index in [4.69, 9.17) is 5.73 Å². The Morgan fingerprint density at radius 1 is 1.33 bits per heavy atom. The van der Waals surface area contributed by atoms with Gasteiger partial charge in [-0.2, -0.15) is 13.2 Å². The van der Waals surface area contributed by atoms with Crippen molar-refractivity contribution < 1.29 is 13.2 Å². The number of hydrogen-bond donors (Lipinski definition) is 1. The van der Waals surface area contributed by atoms with Crippen molar-refractivity contribution in [3.8, 4) is 0 Å². The lowest BCUT2D eigenvalue weighted by molar-refractivity contribution is -0.141. The van der Waals surface area contributed by atoms with Crippen LogP contribution in [0.3, 0.4) is 0 Å². The summed E-state index contributed by atoms with van der Waals surface area (Å²) >= 11 is 0. The molecule has 2 rings (SSSR count). The van der Waals surface area contributed by atoms with E-state index in [1.165, 1.54) is 6.07 Å². The number of rotatable bonds is 2. The highest BCUT2D eigenvalue weighted by molar-refractivity contribution is 5.41. The summed E-state index contributed by atoms with van der Waals surface area (Å²) in [5, 5.41) is 0. The Bertz CT molecular complexity index is 406. The van der Waals surface area contributed by atoms with E-state index in [9.17, 15) is 13.2 Å². The van der Waals surface area contributed by atoms with Crippen LogP contribution in [-0.4, -0.2) is 24.1 Å². The number of nitrogens with two attached hydrogens (primary N) is 1. The largest absolute Gasteiger partial charge is 0.433 e. The molecule has 2 N–H and O–H groups in total. The van der Waals surface area contributed by atoms with Crippen LogP contribution in [0.15, 0.2) is 18.2 Å². The minimum absolute atomic E-state index is 0.0923. The second kappa shape index (κ2) is 5.14. The highest BCUT2D eigenvalue weighted by Crippen LogP contribution is 2.30. The van der Waals surface area contributed by atoms with Crippen LogP contribution in [0, 0.1) is 0 Å². The topological polar surface area (TPSA) is 42.1 Å². The molecule has 1 aromatic heterocycles. The standard InChI is InChI=1S/C12H16F3N3/c13-12(14,15)10-5-3-6-11(17-10)18-7-2-1-4-9(18)8-16/h3,5-6,9H,1-2,4,7-8,16H2. The fourth-order valence-corrected chi connectivity index (χ4v) is 2.29. The predicted octanol–water partition coefficient (Wildman–Crippen LogP) is 2.42. The van der Waals surface area contributed by atoms with Gasteiger partial charge in [-0.15, -0.1) is 0 Å². The molecule has 1 unspecified atom stereocenters. The normalized spacial score (nSPS) is 21.1. The zero-order valence-electron chi connectivity index (χ0n) is 9.95. The number of halogens is 3. The quantitative estimate of drug-likeness (QED) is 0.887. The van der Waals surface area contributed by atoms with E-state index in [0.717, 1.165) is 31.9 Å². The van der Waals surface area contributed by atoms with E-state index in [-0.39, 0.29) is 6.04 Å². The van der Waals surface area contributed by atoms with Gasteiger partial charge in [-0.3, -0.25) is 0 Å². The third-order valence-electron chi connectivity index (χ3n) is 3.22. The summed E-state index contributed by atoms with van der Waals surface area (Å²) in [7, 11) is 0. The fourth-order valence-electron chi connectivity index (χ4n) is 2.29. The maximum absolute atomic E-state index is 12.6. The van der Waals surface area contributed by atoms with Crippen molar-refractivity contribution in [1.82, 2.24) is 4.98 Å². The molecule has 0 spiro atoms. The maximum atomic E-state index is 12.6. The average molecular weight is 259 g/mol. The smallest absolute Gasteiger partial charge is 0.352 e. The van der Waals surface area contributed by atoms with Crippen LogP contribution in [0.2, 0.25) is 0 Å². The minimum atomic E-state index is -4.40. The molecule has 0 aliphatic carbocycles. The van der Waals surface area contributed by atoms with Crippen LogP contribution in [0.4, 0.5) is 19.0 Å². The summed E-state index contributed by atoms with van der Waals surface area (Å²) in [4.78, 5) is 5.60. The fraction of sp³-hybridized carbons (Fsp3) is 0.583. The Balaban J connectivity index is 2.27. The van der Waals surface area contributed by atoms with Crippen LogP contribution in [-0.2, 0) is 6.18 Å². The van der Waals surface area contributed by atoms with E-state index in [2.05, 4.69) is 4.98 Å². The third-order valence-corrected chi connectivity index (χ3v) is 3.22. The van der Waals surface area contributed by atoms with Gasteiger partial charge < -0.3 is 10.6 Å². The van der Waals surface area contributed by atoms with Gasteiger partial charge in [0.15, 0.2) is 0 Å². The van der Waals surface area contributed by atoms with Crippen LogP contribution < -0.4 is 10.6 Å². The zero-order valence-corrected chi connectivity index (χ0v) is 9.95. The first-order chi connectivity index (χ1) is 8.52. The van der Waals surface area contributed by atoms with E-state index >= 15 is 0 Å². The van der Waals surface area contributed by atoms with Gasteiger partial charge in [0.05, 0.1) is 0 Å². The van der Waals surface area contributed by atoms with Crippen LogP contribution in [0.1, 0.15) is 25.0 Å². The summed E-state index contributed by atoms with van der Waals surface area (Å²) in [6.45, 7) is 1.16. The molecule has 3 nitrogen and oxygen atoms in total. The van der Waals surface area contributed by atoms with Gasteiger partial charge in [-0.1, -0.05) is 6.07 Å². The zero-order chi connectivity index (χ0) is 13.2. The van der Waals surface area contributed by atoms with Crippen molar-refractivity contribution in [1.29, 1.82) is 0 Å². The van der Waals surface area contributed by atoms with E-state index in [1.807, 2.05) is 4.90 Å².